The van der Waals surface area contributed by atoms with Crippen molar-refractivity contribution in [2.45, 2.75) is 27.1 Å². The van der Waals surface area contributed by atoms with E-state index in [1.54, 1.807) is 30.3 Å². The van der Waals surface area contributed by atoms with Crippen LogP contribution >= 0.6 is 58.0 Å². The highest BCUT2D eigenvalue weighted by Gasteiger charge is 2.21. The highest BCUT2D eigenvalue weighted by Crippen LogP contribution is 2.48. The van der Waals surface area contributed by atoms with E-state index in [0.29, 0.717) is 48.5 Å². The summed E-state index contributed by atoms with van der Waals surface area (Å²) in [5.41, 5.74) is 1.49. The van der Waals surface area contributed by atoms with Crippen molar-refractivity contribution in [1.82, 2.24) is 0 Å². The van der Waals surface area contributed by atoms with Gasteiger partial charge in [0.25, 0.3) is 5.91 Å². The van der Waals surface area contributed by atoms with Crippen LogP contribution in [0.25, 0.3) is 0 Å². The van der Waals surface area contributed by atoms with E-state index in [9.17, 15) is 4.79 Å². The lowest BCUT2D eigenvalue weighted by atomic mass is 10.2. The second-order valence-electron chi connectivity index (χ2n) is 8.37. The highest BCUT2D eigenvalue weighted by molar-refractivity contribution is 6.55. The fourth-order valence-corrected chi connectivity index (χ4v) is 4.84. The summed E-state index contributed by atoms with van der Waals surface area (Å²) in [7, 11) is 0. The van der Waals surface area contributed by atoms with E-state index >= 15 is 0 Å². The van der Waals surface area contributed by atoms with Gasteiger partial charge in [-0.1, -0.05) is 64.1 Å². The van der Waals surface area contributed by atoms with Crippen molar-refractivity contribution in [3.63, 3.8) is 0 Å². The van der Waals surface area contributed by atoms with Gasteiger partial charge in [0.15, 0.2) is 23.0 Å². The molecule has 3 aromatic carbocycles. The van der Waals surface area contributed by atoms with E-state index < -0.39 is 5.91 Å². The Hall–Kier alpha value is -2.94. The Bertz CT molecular complexity index is 1490. The quantitative estimate of drug-likeness (QED) is 0.121. The Kier molecular flexibility index (Phi) is 10.8. The molecule has 7 nitrogen and oxygen atoms in total. The van der Waals surface area contributed by atoms with Gasteiger partial charge in [-0.15, -0.1) is 0 Å². The van der Waals surface area contributed by atoms with Crippen molar-refractivity contribution in [3.8, 4) is 23.0 Å². The lowest BCUT2D eigenvalue weighted by Gasteiger charge is -2.13. The molecule has 0 saturated carbocycles. The maximum Gasteiger partial charge on any atom is 0.291 e. The van der Waals surface area contributed by atoms with E-state index in [1.165, 1.54) is 6.07 Å². The Balaban J connectivity index is 1.32. The smallest absolute Gasteiger partial charge is 0.291 e. The van der Waals surface area contributed by atoms with Crippen molar-refractivity contribution in [1.29, 1.82) is 0 Å². The van der Waals surface area contributed by atoms with Gasteiger partial charge in [-0.2, -0.15) is 0 Å². The molecule has 216 valence electrons. The molecule has 4 aromatic rings. The molecule has 0 aliphatic carbocycles. The van der Waals surface area contributed by atoms with Gasteiger partial charge in [0.05, 0.1) is 28.3 Å². The molecule has 0 saturated heterocycles. The molecule has 1 aromatic heterocycles. The van der Waals surface area contributed by atoms with E-state index in [1.807, 2.05) is 32.0 Å². The summed E-state index contributed by atoms with van der Waals surface area (Å²) >= 11 is 30.5. The maximum absolute atomic E-state index is 12.7. The van der Waals surface area contributed by atoms with Crippen LogP contribution in [0, 0.1) is 0 Å². The predicted molar refractivity (Wildman–Crippen MR) is 162 cm³/mol. The summed E-state index contributed by atoms with van der Waals surface area (Å²) in [6.07, 6.45) is 0. The van der Waals surface area contributed by atoms with Crippen LogP contribution in [0.5, 0.6) is 23.0 Å². The van der Waals surface area contributed by atoms with Crippen LogP contribution in [0.2, 0.25) is 25.1 Å². The Morgan fingerprint density at radius 2 is 1.34 bits per heavy atom. The van der Waals surface area contributed by atoms with Crippen molar-refractivity contribution in [2.75, 3.05) is 18.5 Å². The molecule has 0 atom stereocenters. The summed E-state index contributed by atoms with van der Waals surface area (Å²) in [5, 5.41) is 2.85. The van der Waals surface area contributed by atoms with Crippen LogP contribution in [0.3, 0.4) is 0 Å². The Morgan fingerprint density at radius 1 is 0.707 bits per heavy atom. The summed E-state index contributed by atoms with van der Waals surface area (Å²) in [6, 6.07) is 15.8. The molecular formula is C29H24Cl5NO6. The Labute approximate surface area is 262 Å². The average Bonchev–Trinajstić information content (AvgIpc) is 3.45. The molecule has 41 heavy (non-hydrogen) atoms. The molecule has 0 spiro atoms. The van der Waals surface area contributed by atoms with Gasteiger partial charge >= 0.3 is 0 Å². The number of anilines is 1. The lowest BCUT2D eigenvalue weighted by Crippen LogP contribution is -2.10. The third-order valence-electron chi connectivity index (χ3n) is 5.54. The second-order valence-corrected chi connectivity index (χ2v) is 10.3. The molecule has 0 aliphatic rings. The zero-order chi connectivity index (χ0) is 29.5. The molecule has 1 heterocycles. The first kappa shape index (κ1) is 31.0. The molecule has 4 rings (SSSR count). The molecule has 0 unspecified atom stereocenters. The number of benzene rings is 3. The number of carbonyl (C=O) groups is 1. The summed E-state index contributed by atoms with van der Waals surface area (Å²) in [4.78, 5) is 12.7. The standard InChI is InChI=1S/C29H24Cl5NO6/c1-3-37-20-11-5-16(13-22(20)38-4-2)14-39-18-8-6-17(7-9-18)35-29(36)21-12-10-19(41-21)15-40-28-26(33)24(31)23(30)25(32)27(28)34/h5-13H,3-4,14-15H2,1-2H3,(H,35,36). The van der Waals surface area contributed by atoms with Gasteiger partial charge in [-0.25, -0.2) is 0 Å². The first-order valence-corrected chi connectivity index (χ1v) is 14.3. The number of furan rings is 1. The van der Waals surface area contributed by atoms with E-state index in [2.05, 4.69) is 5.32 Å². The zero-order valence-electron chi connectivity index (χ0n) is 21.9. The van der Waals surface area contributed by atoms with E-state index in [4.69, 9.17) is 81.4 Å². The normalized spacial score (nSPS) is 10.8. The molecule has 0 aliphatic heterocycles. The third-order valence-corrected chi connectivity index (χ3v) is 7.78. The number of hydrogen-bond acceptors (Lipinski definition) is 6. The number of nitrogens with one attached hydrogen (secondary N) is 1. The Morgan fingerprint density at radius 3 is 2.00 bits per heavy atom. The van der Waals surface area contributed by atoms with Crippen molar-refractivity contribution in [3.05, 3.63) is 96.8 Å². The second kappa shape index (κ2) is 14.3. The number of hydrogen-bond donors (Lipinski definition) is 1. The number of halogens is 5. The van der Waals surface area contributed by atoms with Crippen molar-refractivity contribution in [2.24, 2.45) is 0 Å². The summed E-state index contributed by atoms with van der Waals surface area (Å²) < 4.78 is 28.4. The van der Waals surface area contributed by atoms with Crippen LogP contribution in [-0.2, 0) is 13.2 Å². The van der Waals surface area contributed by atoms with Gasteiger partial charge < -0.3 is 28.7 Å². The first-order valence-electron chi connectivity index (χ1n) is 12.4. The minimum absolute atomic E-state index is 0.0118. The van der Waals surface area contributed by atoms with E-state index in [-0.39, 0.29) is 43.2 Å². The van der Waals surface area contributed by atoms with Crippen LogP contribution in [0.4, 0.5) is 5.69 Å². The third kappa shape index (κ3) is 7.67. The first-order chi connectivity index (χ1) is 19.7. The molecule has 12 heteroatoms. The monoisotopic (exact) mass is 657 g/mol. The maximum atomic E-state index is 12.7. The van der Waals surface area contributed by atoms with Crippen molar-refractivity contribution >= 4 is 69.6 Å². The molecule has 0 bridgehead atoms. The number of amides is 1. The molecular weight excluding hydrogens is 636 g/mol. The van der Waals surface area contributed by atoms with Crippen LogP contribution in [0.1, 0.15) is 35.7 Å². The van der Waals surface area contributed by atoms with Crippen LogP contribution in [-0.4, -0.2) is 19.1 Å². The van der Waals surface area contributed by atoms with Crippen molar-refractivity contribution < 1.29 is 28.2 Å². The summed E-state index contributed by atoms with van der Waals surface area (Å²) in [5.74, 6) is 2.02. The fraction of sp³-hybridized carbons (Fsp3) is 0.207. The SMILES string of the molecule is CCOc1ccc(COc2ccc(NC(=O)c3ccc(COc4c(Cl)c(Cl)c(Cl)c(Cl)c4Cl)o3)cc2)cc1OCC. The number of ether oxygens (including phenoxy) is 4. The topological polar surface area (TPSA) is 79.2 Å². The predicted octanol–water partition coefficient (Wildman–Crippen LogP) is 9.75. The highest BCUT2D eigenvalue weighted by atomic mass is 35.5. The van der Waals surface area contributed by atoms with Crippen LogP contribution in [0.15, 0.2) is 59.0 Å². The lowest BCUT2D eigenvalue weighted by molar-refractivity contribution is 0.0992. The molecule has 1 N–H and O–H groups in total. The van der Waals surface area contributed by atoms with E-state index in [0.717, 1.165) is 5.56 Å². The van der Waals surface area contributed by atoms with Crippen LogP contribution < -0.4 is 24.3 Å². The average molecular weight is 660 g/mol. The molecule has 1 amide bonds. The minimum atomic E-state index is -0.448. The molecule has 0 fully saturated rings. The van der Waals surface area contributed by atoms with Gasteiger partial charge in [-0.05, 0) is 67.9 Å². The van der Waals surface area contributed by atoms with Gasteiger partial charge in [0.1, 0.15) is 34.8 Å². The number of carbonyl (C=O) groups excluding carboxylic acids is 1. The minimum Gasteiger partial charge on any atom is -0.490 e. The molecule has 0 radical (unpaired) electrons. The van der Waals surface area contributed by atoms with Gasteiger partial charge in [0.2, 0.25) is 0 Å². The zero-order valence-corrected chi connectivity index (χ0v) is 25.6. The van der Waals surface area contributed by atoms with Gasteiger partial charge in [0, 0.05) is 5.69 Å². The number of rotatable bonds is 12. The fourth-order valence-electron chi connectivity index (χ4n) is 3.61. The van der Waals surface area contributed by atoms with Gasteiger partial charge in [-0.3, -0.25) is 4.79 Å². The largest absolute Gasteiger partial charge is 0.490 e. The summed E-state index contributed by atoms with van der Waals surface area (Å²) in [6.45, 7) is 5.16.